The van der Waals surface area contributed by atoms with Gasteiger partial charge in [0, 0.05) is 12.3 Å². The van der Waals surface area contributed by atoms with Gasteiger partial charge < -0.3 is 0 Å². The first kappa shape index (κ1) is 7.03. The van der Waals surface area contributed by atoms with Crippen molar-refractivity contribution in [2.75, 3.05) is 0 Å². The number of hydrogen-bond donors (Lipinski definition) is 1. The van der Waals surface area contributed by atoms with Gasteiger partial charge in [0.2, 0.25) is 0 Å². The lowest BCUT2D eigenvalue weighted by Gasteiger charge is -1.91. The van der Waals surface area contributed by atoms with E-state index < -0.39 is 5.82 Å². The van der Waals surface area contributed by atoms with Crippen LogP contribution in [-0.2, 0) is 0 Å². The standard InChI is InChI=1S/C6H3FN2S/c7-5-1-4(2-8)9-3-6(5)10/h1,3,10H. The molecule has 4 heteroatoms. The van der Waals surface area contributed by atoms with Crippen molar-refractivity contribution in [3.8, 4) is 6.07 Å². The zero-order chi connectivity index (χ0) is 7.56. The highest BCUT2D eigenvalue weighted by molar-refractivity contribution is 7.80. The molecule has 50 valence electrons. The molecule has 1 rings (SSSR count). The Kier molecular flexibility index (Phi) is 1.88. The maximum absolute atomic E-state index is 12.5. The Morgan fingerprint density at radius 3 is 2.90 bits per heavy atom. The molecule has 0 saturated carbocycles. The number of thiol groups is 1. The normalized spacial score (nSPS) is 8.90. The first-order valence-corrected chi connectivity index (χ1v) is 2.93. The molecule has 0 aliphatic rings. The molecule has 0 aromatic carbocycles. The molecule has 0 radical (unpaired) electrons. The van der Waals surface area contributed by atoms with Gasteiger partial charge in [-0.25, -0.2) is 9.37 Å². The van der Waals surface area contributed by atoms with Crippen LogP contribution in [-0.4, -0.2) is 4.98 Å². The average Bonchev–Trinajstić information content (AvgIpc) is 1.95. The second kappa shape index (κ2) is 2.67. The van der Waals surface area contributed by atoms with Crippen molar-refractivity contribution < 1.29 is 4.39 Å². The van der Waals surface area contributed by atoms with Gasteiger partial charge >= 0.3 is 0 Å². The van der Waals surface area contributed by atoms with E-state index in [9.17, 15) is 4.39 Å². The Balaban J connectivity index is 3.20. The van der Waals surface area contributed by atoms with Crippen LogP contribution in [0, 0.1) is 17.1 Å². The number of rotatable bonds is 0. The van der Waals surface area contributed by atoms with Gasteiger partial charge in [-0.05, 0) is 0 Å². The van der Waals surface area contributed by atoms with Gasteiger partial charge in [-0.2, -0.15) is 5.26 Å². The molecule has 1 aromatic heterocycles. The number of nitriles is 1. The summed E-state index contributed by atoms with van der Waals surface area (Å²) in [5.74, 6) is -0.519. The predicted molar refractivity (Wildman–Crippen MR) is 36.2 cm³/mol. The zero-order valence-corrected chi connectivity index (χ0v) is 5.77. The molecule has 0 unspecified atom stereocenters. The molecule has 0 bridgehead atoms. The Labute approximate surface area is 62.7 Å². The number of hydrogen-bond acceptors (Lipinski definition) is 3. The van der Waals surface area contributed by atoms with E-state index in [1.807, 2.05) is 0 Å². The second-order valence-electron chi connectivity index (χ2n) is 1.63. The zero-order valence-electron chi connectivity index (χ0n) is 4.87. The summed E-state index contributed by atoms with van der Waals surface area (Å²) in [5.41, 5.74) is 0.0651. The molecule has 0 amide bonds. The maximum Gasteiger partial charge on any atom is 0.143 e. The van der Waals surface area contributed by atoms with Gasteiger partial charge in [-0.1, -0.05) is 0 Å². The molecular weight excluding hydrogens is 151 g/mol. The van der Waals surface area contributed by atoms with Crippen molar-refractivity contribution in [1.29, 1.82) is 5.26 Å². The topological polar surface area (TPSA) is 36.7 Å². The first-order chi connectivity index (χ1) is 4.74. The number of halogens is 1. The number of pyridine rings is 1. The molecule has 0 saturated heterocycles. The van der Waals surface area contributed by atoms with Crippen LogP contribution in [0.4, 0.5) is 4.39 Å². The third-order valence-electron chi connectivity index (χ3n) is 0.949. The van der Waals surface area contributed by atoms with Crippen LogP contribution >= 0.6 is 12.6 Å². The quantitative estimate of drug-likeness (QED) is 0.573. The van der Waals surface area contributed by atoms with Crippen molar-refractivity contribution in [1.82, 2.24) is 4.98 Å². The third-order valence-corrected chi connectivity index (χ3v) is 1.28. The smallest absolute Gasteiger partial charge is 0.143 e. The summed E-state index contributed by atoms with van der Waals surface area (Å²) in [5, 5.41) is 8.25. The molecule has 1 heterocycles. The molecule has 0 fully saturated rings. The van der Waals surface area contributed by atoms with Crippen LogP contribution in [0.1, 0.15) is 5.69 Å². The highest BCUT2D eigenvalue weighted by atomic mass is 32.1. The Morgan fingerprint density at radius 2 is 2.40 bits per heavy atom. The van der Waals surface area contributed by atoms with Crippen LogP contribution in [0.3, 0.4) is 0 Å². The van der Waals surface area contributed by atoms with Crippen molar-refractivity contribution in [2.45, 2.75) is 4.90 Å². The van der Waals surface area contributed by atoms with Gasteiger partial charge in [0.05, 0.1) is 4.90 Å². The molecule has 2 nitrogen and oxygen atoms in total. The van der Waals surface area contributed by atoms with Gasteiger partial charge in [0.15, 0.2) is 0 Å². The van der Waals surface area contributed by atoms with E-state index in [0.29, 0.717) is 0 Å². The summed E-state index contributed by atoms with van der Waals surface area (Å²) in [6, 6.07) is 2.75. The van der Waals surface area contributed by atoms with E-state index >= 15 is 0 Å². The summed E-state index contributed by atoms with van der Waals surface area (Å²) in [7, 11) is 0. The van der Waals surface area contributed by atoms with Crippen LogP contribution in [0.2, 0.25) is 0 Å². The minimum atomic E-state index is -0.519. The lowest BCUT2D eigenvalue weighted by Crippen LogP contribution is -1.85. The molecule has 0 aliphatic heterocycles. The summed E-state index contributed by atoms with van der Waals surface area (Å²) in [6.45, 7) is 0. The van der Waals surface area contributed by atoms with Crippen LogP contribution in [0.15, 0.2) is 17.2 Å². The van der Waals surface area contributed by atoms with Crippen molar-refractivity contribution in [3.63, 3.8) is 0 Å². The Bertz CT molecular complexity index is 292. The average molecular weight is 154 g/mol. The molecule has 1 aromatic rings. The molecule has 0 spiro atoms. The van der Waals surface area contributed by atoms with Gasteiger partial charge in [-0.15, -0.1) is 12.6 Å². The van der Waals surface area contributed by atoms with Crippen molar-refractivity contribution >= 4 is 12.6 Å². The summed E-state index contributed by atoms with van der Waals surface area (Å²) in [6.07, 6.45) is 1.21. The lowest BCUT2D eigenvalue weighted by molar-refractivity contribution is 0.598. The van der Waals surface area contributed by atoms with Crippen LogP contribution in [0.25, 0.3) is 0 Å². The Morgan fingerprint density at radius 1 is 1.70 bits per heavy atom. The molecule has 0 atom stereocenters. The van der Waals surface area contributed by atoms with Crippen LogP contribution in [0.5, 0.6) is 0 Å². The van der Waals surface area contributed by atoms with Crippen molar-refractivity contribution in [3.05, 3.63) is 23.8 Å². The maximum atomic E-state index is 12.5. The van der Waals surface area contributed by atoms with E-state index in [0.717, 1.165) is 6.07 Å². The monoisotopic (exact) mass is 154 g/mol. The SMILES string of the molecule is N#Cc1cc(F)c(S)cn1. The predicted octanol–water partition coefficient (Wildman–Crippen LogP) is 1.38. The molecule has 0 N–H and O–H groups in total. The fourth-order valence-electron chi connectivity index (χ4n) is 0.485. The molecule has 0 aliphatic carbocycles. The summed E-state index contributed by atoms with van der Waals surface area (Å²) in [4.78, 5) is 3.73. The van der Waals surface area contributed by atoms with Gasteiger partial charge in [0.1, 0.15) is 17.6 Å². The number of aromatic nitrogens is 1. The van der Waals surface area contributed by atoms with Crippen molar-refractivity contribution in [2.24, 2.45) is 0 Å². The van der Waals surface area contributed by atoms with E-state index in [2.05, 4.69) is 17.6 Å². The minimum Gasteiger partial charge on any atom is -0.244 e. The second-order valence-corrected chi connectivity index (χ2v) is 2.11. The van der Waals surface area contributed by atoms with Gasteiger partial charge in [0.25, 0.3) is 0 Å². The molecular formula is C6H3FN2S. The third kappa shape index (κ3) is 1.25. The molecule has 10 heavy (non-hydrogen) atoms. The van der Waals surface area contributed by atoms with Gasteiger partial charge in [-0.3, -0.25) is 0 Å². The largest absolute Gasteiger partial charge is 0.244 e. The lowest BCUT2D eigenvalue weighted by atomic mass is 10.4. The van der Waals surface area contributed by atoms with E-state index in [1.54, 1.807) is 6.07 Å². The van der Waals surface area contributed by atoms with E-state index in [4.69, 9.17) is 5.26 Å². The first-order valence-electron chi connectivity index (χ1n) is 2.48. The van der Waals surface area contributed by atoms with Crippen LogP contribution < -0.4 is 0 Å². The fourth-order valence-corrected chi connectivity index (χ4v) is 0.607. The highest BCUT2D eigenvalue weighted by Gasteiger charge is 1.98. The Hall–Kier alpha value is -1.08. The highest BCUT2D eigenvalue weighted by Crippen LogP contribution is 2.09. The fraction of sp³-hybridized carbons (Fsp3) is 0. The van der Waals surface area contributed by atoms with E-state index in [1.165, 1.54) is 6.20 Å². The summed E-state index contributed by atoms with van der Waals surface area (Å²) < 4.78 is 12.5. The van der Waals surface area contributed by atoms with E-state index in [-0.39, 0.29) is 10.6 Å². The minimum absolute atomic E-state index is 0.0651. The summed E-state index contributed by atoms with van der Waals surface area (Å²) >= 11 is 3.74. The number of nitrogens with zero attached hydrogens (tertiary/aromatic N) is 2.